The van der Waals surface area contributed by atoms with Gasteiger partial charge in [0.15, 0.2) is 5.78 Å². The molecule has 2 saturated heterocycles. The van der Waals surface area contributed by atoms with Crippen LogP contribution in [0.1, 0.15) is 31.3 Å². The van der Waals surface area contributed by atoms with Gasteiger partial charge >= 0.3 is 0 Å². The molecule has 7 nitrogen and oxygen atoms in total. The summed E-state index contributed by atoms with van der Waals surface area (Å²) in [5.41, 5.74) is 0.620. The number of ether oxygens (including phenoxy) is 1. The Morgan fingerprint density at radius 1 is 1.24 bits per heavy atom. The Bertz CT molecular complexity index is 918. The molecule has 154 valence electrons. The minimum Gasteiger partial charge on any atom is -0.379 e. The Labute approximate surface area is 177 Å². The highest BCUT2D eigenvalue weighted by Gasteiger charge is 2.52. The van der Waals surface area contributed by atoms with Crippen LogP contribution in [0.15, 0.2) is 17.5 Å². The molecule has 9 heteroatoms. The minimum absolute atomic E-state index is 0.293. The fourth-order valence-corrected chi connectivity index (χ4v) is 5.75. The number of morpholine rings is 1. The molecule has 2 aliphatic rings. The van der Waals surface area contributed by atoms with Crippen LogP contribution in [0.4, 0.5) is 0 Å². The molecule has 0 radical (unpaired) electrons. The monoisotopic (exact) mass is 433 g/mol. The Kier molecular flexibility index (Phi) is 5.91. The Hall–Kier alpha value is -1.94. The van der Waals surface area contributed by atoms with Gasteiger partial charge in [-0.3, -0.25) is 19.3 Å². The van der Waals surface area contributed by atoms with Gasteiger partial charge in [-0.1, -0.05) is 6.07 Å². The Balaban J connectivity index is 1.63. The number of rotatable bonds is 6. The third-order valence-corrected chi connectivity index (χ3v) is 7.44. The summed E-state index contributed by atoms with van der Waals surface area (Å²) in [6, 6.07) is 3.23. The fraction of sp³-hybridized carbons (Fsp3) is 0.500. The van der Waals surface area contributed by atoms with Crippen LogP contribution in [0, 0.1) is 19.8 Å². The van der Waals surface area contributed by atoms with E-state index in [1.807, 2.05) is 24.4 Å². The zero-order chi connectivity index (χ0) is 20.5. The van der Waals surface area contributed by atoms with Crippen molar-refractivity contribution < 1.29 is 19.1 Å². The lowest BCUT2D eigenvalue weighted by Gasteiger charge is -2.31. The maximum atomic E-state index is 13.3. The zero-order valence-corrected chi connectivity index (χ0v) is 18.1. The van der Waals surface area contributed by atoms with Crippen molar-refractivity contribution in [2.24, 2.45) is 5.92 Å². The molecular weight excluding hydrogens is 410 g/mol. The summed E-state index contributed by atoms with van der Waals surface area (Å²) in [6.07, 6.45) is 0. The van der Waals surface area contributed by atoms with Crippen molar-refractivity contribution in [1.82, 2.24) is 14.8 Å². The van der Waals surface area contributed by atoms with E-state index in [0.717, 1.165) is 23.0 Å². The molecule has 29 heavy (non-hydrogen) atoms. The van der Waals surface area contributed by atoms with Gasteiger partial charge in [0.2, 0.25) is 5.78 Å². The number of aryl methyl sites for hydroxylation is 2. The van der Waals surface area contributed by atoms with Gasteiger partial charge in [0, 0.05) is 31.1 Å². The van der Waals surface area contributed by atoms with Crippen molar-refractivity contribution in [3.8, 4) is 0 Å². The topological polar surface area (TPSA) is 79.8 Å². The predicted molar refractivity (Wildman–Crippen MR) is 110 cm³/mol. The zero-order valence-electron chi connectivity index (χ0n) is 16.4. The third kappa shape index (κ3) is 3.92. The number of thiazole rings is 1. The van der Waals surface area contributed by atoms with Gasteiger partial charge < -0.3 is 9.64 Å². The first-order chi connectivity index (χ1) is 14.0. The van der Waals surface area contributed by atoms with Gasteiger partial charge in [0.05, 0.1) is 34.8 Å². The van der Waals surface area contributed by atoms with Crippen LogP contribution in [-0.4, -0.2) is 71.7 Å². The number of thiophene rings is 1. The summed E-state index contributed by atoms with van der Waals surface area (Å²) in [4.78, 5) is 48.7. The second-order valence-corrected chi connectivity index (χ2v) is 9.45. The fourth-order valence-electron chi connectivity index (χ4n) is 3.98. The molecule has 2 atom stereocenters. The van der Waals surface area contributed by atoms with Crippen molar-refractivity contribution in [2.75, 3.05) is 39.4 Å². The van der Waals surface area contributed by atoms with Crippen molar-refractivity contribution in [2.45, 2.75) is 19.9 Å². The van der Waals surface area contributed by atoms with E-state index in [1.54, 1.807) is 11.8 Å². The number of carbonyl (C=O) groups excluding carboxylic acids is 3. The van der Waals surface area contributed by atoms with Crippen LogP contribution in [0.3, 0.4) is 0 Å². The Morgan fingerprint density at radius 2 is 2.00 bits per heavy atom. The largest absolute Gasteiger partial charge is 0.379 e. The van der Waals surface area contributed by atoms with Crippen molar-refractivity contribution in [1.29, 1.82) is 0 Å². The Morgan fingerprint density at radius 3 is 2.62 bits per heavy atom. The number of Topliss-reactive ketones (excluding diaryl/α,β-unsaturated/α-hetero) is 2. The second-order valence-electron chi connectivity index (χ2n) is 7.27. The quantitative estimate of drug-likeness (QED) is 0.394. The number of likely N-dealkylation sites (tertiary alicyclic amines) is 1. The molecule has 2 aliphatic heterocycles. The van der Waals surface area contributed by atoms with Crippen molar-refractivity contribution in [3.63, 3.8) is 0 Å². The van der Waals surface area contributed by atoms with Gasteiger partial charge in [0.25, 0.3) is 5.91 Å². The van der Waals surface area contributed by atoms with E-state index < -0.39 is 23.7 Å². The standard InChI is InChI=1S/C20H23N3O4S2/c1-12-19(29-13(2)21-12)17(24)15-16(14-4-3-11-28-14)23(20(26)18(15)25)6-5-22-7-9-27-10-8-22/h3-4,11,15-16H,5-10H2,1-2H3. The van der Waals surface area contributed by atoms with E-state index in [0.29, 0.717) is 36.9 Å². The first-order valence-corrected chi connectivity index (χ1v) is 11.3. The summed E-state index contributed by atoms with van der Waals surface area (Å²) in [5.74, 6) is -2.47. The van der Waals surface area contributed by atoms with Gasteiger partial charge in [0.1, 0.15) is 5.92 Å². The molecule has 0 aliphatic carbocycles. The number of hydrogen-bond donors (Lipinski definition) is 0. The normalized spacial score (nSPS) is 23.2. The molecule has 0 spiro atoms. The number of amides is 1. The smallest absolute Gasteiger partial charge is 0.291 e. The molecule has 2 unspecified atom stereocenters. The lowest BCUT2D eigenvalue weighted by molar-refractivity contribution is -0.141. The van der Waals surface area contributed by atoms with Gasteiger partial charge in [-0.2, -0.15) is 0 Å². The highest BCUT2D eigenvalue weighted by Crippen LogP contribution is 2.40. The first-order valence-electron chi connectivity index (χ1n) is 9.64. The molecule has 0 N–H and O–H groups in total. The lowest BCUT2D eigenvalue weighted by atomic mass is 9.92. The molecule has 0 aromatic carbocycles. The SMILES string of the molecule is Cc1nc(C)c(C(=O)C2C(=O)C(=O)N(CCN3CCOCC3)C2c2cccs2)s1. The van der Waals surface area contributed by atoms with Crippen LogP contribution >= 0.6 is 22.7 Å². The predicted octanol–water partition coefficient (Wildman–Crippen LogP) is 2.11. The van der Waals surface area contributed by atoms with E-state index in [2.05, 4.69) is 9.88 Å². The highest BCUT2D eigenvalue weighted by molar-refractivity contribution is 7.14. The average Bonchev–Trinajstić information content (AvgIpc) is 3.41. The second kappa shape index (κ2) is 8.43. The summed E-state index contributed by atoms with van der Waals surface area (Å²) in [5, 5.41) is 2.69. The molecule has 4 rings (SSSR count). The third-order valence-electron chi connectivity index (χ3n) is 5.41. The summed E-state index contributed by atoms with van der Waals surface area (Å²) in [6.45, 7) is 7.64. The molecule has 2 aromatic rings. The van der Waals surface area contributed by atoms with E-state index in [9.17, 15) is 14.4 Å². The highest BCUT2D eigenvalue weighted by atomic mass is 32.1. The van der Waals surface area contributed by atoms with Crippen LogP contribution in [0.25, 0.3) is 0 Å². The molecule has 0 saturated carbocycles. The summed E-state index contributed by atoms with van der Waals surface area (Å²) >= 11 is 2.76. The lowest BCUT2D eigenvalue weighted by Crippen LogP contribution is -2.42. The first kappa shape index (κ1) is 20.3. The minimum atomic E-state index is -1.01. The van der Waals surface area contributed by atoms with Crippen molar-refractivity contribution in [3.05, 3.63) is 38.0 Å². The molecule has 4 heterocycles. The van der Waals surface area contributed by atoms with Crippen LogP contribution in [-0.2, 0) is 14.3 Å². The number of aromatic nitrogens is 1. The summed E-state index contributed by atoms with van der Waals surface area (Å²) in [7, 11) is 0. The number of ketones is 2. The van der Waals surface area contributed by atoms with Crippen LogP contribution < -0.4 is 0 Å². The maximum Gasteiger partial charge on any atom is 0.291 e. The summed E-state index contributed by atoms with van der Waals surface area (Å²) < 4.78 is 5.38. The van der Waals surface area contributed by atoms with Crippen LogP contribution in [0.5, 0.6) is 0 Å². The number of hydrogen-bond acceptors (Lipinski definition) is 8. The molecular formula is C20H23N3O4S2. The molecule has 2 fully saturated rings. The van der Waals surface area contributed by atoms with E-state index in [-0.39, 0.29) is 5.78 Å². The van der Waals surface area contributed by atoms with Crippen LogP contribution in [0.2, 0.25) is 0 Å². The average molecular weight is 434 g/mol. The van der Waals surface area contributed by atoms with Gasteiger partial charge in [-0.05, 0) is 25.3 Å². The van der Waals surface area contributed by atoms with Gasteiger partial charge in [-0.15, -0.1) is 22.7 Å². The van der Waals surface area contributed by atoms with Gasteiger partial charge in [-0.25, -0.2) is 4.98 Å². The number of carbonyl (C=O) groups is 3. The van der Waals surface area contributed by atoms with E-state index in [4.69, 9.17) is 4.74 Å². The molecule has 0 bridgehead atoms. The maximum absolute atomic E-state index is 13.3. The molecule has 2 aromatic heterocycles. The van der Waals surface area contributed by atoms with E-state index in [1.165, 1.54) is 22.7 Å². The van der Waals surface area contributed by atoms with Crippen molar-refractivity contribution >= 4 is 40.1 Å². The number of nitrogens with zero attached hydrogens (tertiary/aromatic N) is 3. The molecule has 1 amide bonds. The van der Waals surface area contributed by atoms with E-state index >= 15 is 0 Å².